The molecule has 3 N–H and O–H groups in total. The van der Waals surface area contributed by atoms with Crippen LogP contribution >= 0.6 is 11.6 Å². The van der Waals surface area contributed by atoms with Crippen LogP contribution in [0, 0.1) is 12.8 Å². The number of aromatic nitrogens is 3. The van der Waals surface area contributed by atoms with Gasteiger partial charge in [0, 0.05) is 24.0 Å². The summed E-state index contributed by atoms with van der Waals surface area (Å²) in [6.07, 6.45) is -4.19. The van der Waals surface area contributed by atoms with Crippen LogP contribution in [0.4, 0.5) is 19.1 Å². The number of pyridine rings is 1. The number of ether oxygens (including phenoxy) is 1. The molecule has 3 aromatic rings. The Kier molecular flexibility index (Phi) is 6.56. The third-order valence-corrected chi connectivity index (χ3v) is 7.16. The van der Waals surface area contributed by atoms with Crippen molar-refractivity contribution >= 4 is 34.5 Å². The minimum atomic E-state index is -4.59. The van der Waals surface area contributed by atoms with Crippen molar-refractivity contribution in [3.05, 3.63) is 46.6 Å². The van der Waals surface area contributed by atoms with Crippen LogP contribution in [0.2, 0.25) is 5.02 Å². The van der Waals surface area contributed by atoms with Crippen LogP contribution in [0.5, 0.6) is 0 Å². The quantitative estimate of drug-likeness (QED) is 0.512. The molecule has 192 valence electrons. The van der Waals surface area contributed by atoms with Gasteiger partial charge in [0.1, 0.15) is 23.7 Å². The number of benzene rings is 1. The molecule has 2 aliphatic rings. The zero-order valence-electron chi connectivity index (χ0n) is 19.5. The molecule has 0 unspecified atom stereocenters. The Morgan fingerprint density at radius 1 is 1.19 bits per heavy atom. The Bertz CT molecular complexity index is 1290. The highest BCUT2D eigenvalue weighted by atomic mass is 35.5. The summed E-state index contributed by atoms with van der Waals surface area (Å²) in [5.41, 5.74) is 0.937. The van der Waals surface area contributed by atoms with Gasteiger partial charge in [-0.1, -0.05) is 17.7 Å². The lowest BCUT2D eigenvalue weighted by molar-refractivity contribution is -0.141. The predicted molar refractivity (Wildman–Crippen MR) is 128 cm³/mol. The fourth-order valence-corrected chi connectivity index (χ4v) is 4.87. The lowest BCUT2D eigenvalue weighted by atomic mass is 9.95. The predicted octanol–water partition coefficient (Wildman–Crippen LogP) is 3.00. The fourth-order valence-electron chi connectivity index (χ4n) is 4.71. The number of rotatable bonds is 4. The normalized spacial score (nSPS) is 21.3. The van der Waals surface area contributed by atoms with E-state index < -0.39 is 18.0 Å². The van der Waals surface area contributed by atoms with Gasteiger partial charge in [-0.2, -0.15) is 13.2 Å². The van der Waals surface area contributed by atoms with Crippen LogP contribution in [-0.2, 0) is 11.0 Å². The zero-order chi connectivity index (χ0) is 25.6. The number of hydrogen-bond acceptors (Lipinski definition) is 5. The molecule has 2 aliphatic heterocycles. The second-order valence-electron chi connectivity index (χ2n) is 9.25. The van der Waals surface area contributed by atoms with E-state index in [-0.39, 0.29) is 23.7 Å². The van der Waals surface area contributed by atoms with Crippen LogP contribution in [0.1, 0.15) is 24.1 Å². The van der Waals surface area contributed by atoms with Gasteiger partial charge in [-0.05, 0) is 49.6 Å². The van der Waals surface area contributed by atoms with Crippen molar-refractivity contribution in [2.45, 2.75) is 38.1 Å². The van der Waals surface area contributed by atoms with E-state index in [4.69, 9.17) is 16.6 Å². The summed E-state index contributed by atoms with van der Waals surface area (Å²) < 4.78 is 45.9. The zero-order valence-corrected chi connectivity index (χ0v) is 20.2. The third kappa shape index (κ3) is 4.74. The van der Waals surface area contributed by atoms with Gasteiger partial charge >= 0.3 is 6.18 Å². The maximum Gasteiger partial charge on any atom is 0.433 e. The van der Waals surface area contributed by atoms with Crippen molar-refractivity contribution < 1.29 is 27.8 Å². The number of nitrogens with zero attached hydrogens (tertiary/aromatic N) is 4. The molecular formula is C24H26ClF3N5O3+. The molecule has 0 bridgehead atoms. The number of halogens is 4. The number of hydrogen-bond donors (Lipinski definition) is 2. The van der Waals surface area contributed by atoms with Crippen molar-refractivity contribution in [2.75, 3.05) is 31.2 Å². The van der Waals surface area contributed by atoms with E-state index in [0.29, 0.717) is 61.1 Å². The van der Waals surface area contributed by atoms with Gasteiger partial charge in [0.2, 0.25) is 11.9 Å². The second kappa shape index (κ2) is 9.53. The first-order valence-electron chi connectivity index (χ1n) is 11.7. The van der Waals surface area contributed by atoms with E-state index in [0.717, 1.165) is 11.6 Å². The van der Waals surface area contributed by atoms with Crippen LogP contribution in [-0.4, -0.2) is 68.7 Å². The largest absolute Gasteiger partial charge is 0.433 e. The number of amides is 1. The van der Waals surface area contributed by atoms with E-state index in [1.54, 1.807) is 16.7 Å². The summed E-state index contributed by atoms with van der Waals surface area (Å²) in [6, 6.07) is 6.87. The van der Waals surface area contributed by atoms with Gasteiger partial charge in [-0.25, -0.2) is 9.97 Å². The number of fused-ring (bicyclic) bond motifs is 1. The van der Waals surface area contributed by atoms with Crippen molar-refractivity contribution in [3.8, 4) is 5.82 Å². The highest BCUT2D eigenvalue weighted by Crippen LogP contribution is 2.34. The molecule has 0 radical (unpaired) electrons. The third-order valence-electron chi connectivity index (χ3n) is 6.75. The minimum Gasteiger partial charge on any atom is -0.430 e. The monoisotopic (exact) mass is 524 g/mol. The Labute approximate surface area is 210 Å². The molecule has 0 saturated carbocycles. The van der Waals surface area contributed by atoms with Gasteiger partial charge in [0.15, 0.2) is 13.2 Å². The van der Waals surface area contributed by atoms with Gasteiger partial charge in [0.25, 0.3) is 0 Å². The molecule has 2 atom stereocenters. The molecule has 1 aromatic carbocycles. The Morgan fingerprint density at radius 3 is 2.61 bits per heavy atom. The lowest BCUT2D eigenvalue weighted by Crippen LogP contribution is -2.48. The summed E-state index contributed by atoms with van der Waals surface area (Å²) in [7, 11) is 0. The molecule has 0 spiro atoms. The molecule has 12 heteroatoms. The first kappa shape index (κ1) is 24.8. The SMILES string of the molecule is Cc1cc2nc(N3CCC(C(=O)N[C@H]4C[OH+]C[C@@H]4O)CC3)n(-c3cccc(C(F)(F)F)n3)c2cc1Cl. The van der Waals surface area contributed by atoms with E-state index in [1.165, 1.54) is 12.1 Å². The average molecular weight is 525 g/mol. The number of aryl methyl sites for hydroxylation is 1. The minimum absolute atomic E-state index is 0.0843. The van der Waals surface area contributed by atoms with E-state index >= 15 is 0 Å². The Balaban J connectivity index is 1.44. The highest BCUT2D eigenvalue weighted by Gasteiger charge is 2.36. The van der Waals surface area contributed by atoms with Crippen molar-refractivity contribution in [3.63, 3.8) is 0 Å². The molecule has 8 nitrogen and oxygen atoms in total. The number of aliphatic hydroxyl groups excluding tert-OH is 1. The second-order valence-corrected chi connectivity index (χ2v) is 9.66. The van der Waals surface area contributed by atoms with Crippen molar-refractivity contribution in [1.29, 1.82) is 0 Å². The number of carbonyl (C=O) groups is 1. The van der Waals surface area contributed by atoms with Crippen LogP contribution in [0.25, 0.3) is 16.9 Å². The molecule has 1 amide bonds. The Morgan fingerprint density at radius 2 is 1.94 bits per heavy atom. The summed E-state index contributed by atoms with van der Waals surface area (Å²) in [6.45, 7) is 3.52. The molecule has 2 aromatic heterocycles. The highest BCUT2D eigenvalue weighted by molar-refractivity contribution is 6.32. The fraction of sp³-hybridized carbons (Fsp3) is 0.458. The number of carbonyl (C=O) groups excluding carboxylic acids is 1. The number of anilines is 1. The number of nitrogens with one attached hydrogen (secondary N) is 1. The summed E-state index contributed by atoms with van der Waals surface area (Å²) in [5, 5.41) is 13.3. The lowest BCUT2D eigenvalue weighted by Gasteiger charge is -2.32. The molecule has 4 heterocycles. The number of alkyl halides is 3. The van der Waals surface area contributed by atoms with Crippen molar-refractivity contribution in [1.82, 2.24) is 19.9 Å². The maximum absolute atomic E-state index is 13.4. The van der Waals surface area contributed by atoms with Crippen LogP contribution < -0.4 is 10.2 Å². The number of piperidine rings is 1. The topological polar surface area (TPSA) is 96.1 Å². The summed E-state index contributed by atoms with van der Waals surface area (Å²) >= 11 is 6.36. The number of imidazole rings is 1. The molecule has 5 rings (SSSR count). The van der Waals surface area contributed by atoms with Crippen molar-refractivity contribution in [2.24, 2.45) is 5.92 Å². The first-order chi connectivity index (χ1) is 17.1. The molecule has 0 aliphatic carbocycles. The van der Waals surface area contributed by atoms with Crippen LogP contribution in [0.15, 0.2) is 30.3 Å². The van der Waals surface area contributed by atoms with E-state index in [2.05, 4.69) is 15.0 Å². The molecular weight excluding hydrogens is 499 g/mol. The Hall–Kier alpha value is -2.89. The molecule has 2 fully saturated rings. The molecule has 2 saturated heterocycles. The summed E-state index contributed by atoms with van der Waals surface area (Å²) in [4.78, 5) is 23.3. The van der Waals surface area contributed by atoms with Gasteiger partial charge < -0.3 is 20.1 Å². The standard InChI is InChI=1S/C24H25ClF3N5O3/c1-13-9-16-18(10-15(13)25)33(21-4-2-3-20(31-21)24(26,27)28)23(30-16)32-7-5-14(6-8-32)22(35)29-17-11-36-12-19(17)34/h2-4,9-10,14,17,19,34H,5-8,11-12H2,1H3,(H,29,35)/p+1/t17-,19-/m0/s1. The van der Waals surface area contributed by atoms with Gasteiger partial charge in [0.05, 0.1) is 11.0 Å². The summed E-state index contributed by atoms with van der Waals surface area (Å²) in [5.74, 6) is 0.171. The first-order valence-corrected chi connectivity index (χ1v) is 12.1. The van der Waals surface area contributed by atoms with E-state index in [1.807, 2.05) is 11.8 Å². The average Bonchev–Trinajstić information content (AvgIpc) is 3.42. The van der Waals surface area contributed by atoms with Gasteiger partial charge in [-0.3, -0.25) is 9.36 Å². The molecule has 36 heavy (non-hydrogen) atoms. The van der Waals surface area contributed by atoms with Crippen LogP contribution in [0.3, 0.4) is 0 Å². The number of aliphatic hydroxyl groups is 3. The van der Waals surface area contributed by atoms with Gasteiger partial charge in [-0.15, -0.1) is 0 Å². The van der Waals surface area contributed by atoms with E-state index in [9.17, 15) is 23.1 Å². The smallest absolute Gasteiger partial charge is 0.430 e. The maximum atomic E-state index is 13.4.